The van der Waals surface area contributed by atoms with Crippen LogP contribution in [0, 0.1) is 0 Å². The maximum atomic E-state index is 13.3. The number of pyridine rings is 1. The Hall–Kier alpha value is -6.89. The first kappa shape index (κ1) is 59.0. The summed E-state index contributed by atoms with van der Waals surface area (Å²) < 4.78 is 21.4. The highest BCUT2D eigenvalue weighted by molar-refractivity contribution is 14.0. The fourth-order valence-corrected chi connectivity index (χ4v) is 11.1. The second kappa shape index (κ2) is 27.1. The third-order valence-corrected chi connectivity index (χ3v) is 14.5. The number of fused-ring (bicyclic) bond motifs is 3. The van der Waals surface area contributed by atoms with Crippen LogP contribution in [0.15, 0.2) is 184 Å². The van der Waals surface area contributed by atoms with Gasteiger partial charge in [-0.2, -0.15) is 0 Å². The van der Waals surface area contributed by atoms with Crippen molar-refractivity contribution in [2.45, 2.75) is 69.9 Å². The molecule has 1 aromatic heterocycles. The Morgan fingerprint density at radius 2 is 1.25 bits per heavy atom. The molecule has 16 heteroatoms. The fourth-order valence-electron chi connectivity index (χ4n) is 8.80. The molecular formula is C59H60FIN2O10S2. The summed E-state index contributed by atoms with van der Waals surface area (Å²) in [5.74, 6) is -2.50. The average Bonchev–Trinajstić information content (AvgIpc) is 3.39. The second-order valence-corrected chi connectivity index (χ2v) is 19.8. The monoisotopic (exact) mass is 1170 g/mol. The van der Waals surface area contributed by atoms with Crippen LogP contribution in [0.5, 0.6) is 0 Å². The highest BCUT2D eigenvalue weighted by Gasteiger charge is 2.41. The maximum Gasteiger partial charge on any atom is 0.352 e. The number of cyclic esters (lactones) is 2. The Balaban J connectivity index is 0.000000214. The van der Waals surface area contributed by atoms with Gasteiger partial charge in [0, 0.05) is 60.9 Å². The molecule has 0 aliphatic carbocycles. The topological polar surface area (TPSA) is 159 Å². The molecule has 392 valence electrons. The number of methoxy groups -OCH3 is 2. The zero-order valence-electron chi connectivity index (χ0n) is 41.1. The number of thioether (sulfide) groups is 2. The first-order valence-electron chi connectivity index (χ1n) is 23.4. The zero-order chi connectivity index (χ0) is 50.8. The van der Waals surface area contributed by atoms with Gasteiger partial charge in [-0.3, -0.25) is 14.1 Å². The van der Waals surface area contributed by atoms with E-state index in [1.807, 2.05) is 97.2 Å². The summed E-state index contributed by atoms with van der Waals surface area (Å²) in [7, 11) is 2.79. The predicted octanol–water partition coefficient (Wildman–Crippen LogP) is 11.9. The Bertz CT molecular complexity index is 3240. The number of nitrogens with zero attached hydrogens (tertiary/aromatic N) is 1. The quantitative estimate of drug-likeness (QED) is 0.0351. The van der Waals surface area contributed by atoms with Crippen LogP contribution in [0.2, 0.25) is 0 Å². The van der Waals surface area contributed by atoms with Crippen LogP contribution in [0.4, 0.5) is 4.70 Å². The number of aliphatic hydroxyl groups excluding tert-OH is 1. The van der Waals surface area contributed by atoms with Gasteiger partial charge < -0.3 is 29.4 Å². The van der Waals surface area contributed by atoms with Crippen molar-refractivity contribution < 1.29 is 47.9 Å². The van der Waals surface area contributed by atoms with Gasteiger partial charge in [-0.05, 0) is 62.2 Å². The number of carbonyl (C=O) groups excluding carboxylic acids is 4. The third-order valence-electron chi connectivity index (χ3n) is 12.2. The number of allylic oxidation sites excluding steroid dienone is 2. The van der Waals surface area contributed by atoms with Gasteiger partial charge in [0.15, 0.2) is 5.57 Å². The molecule has 0 radical (unpaired) electrons. The van der Waals surface area contributed by atoms with Gasteiger partial charge in [0.25, 0.3) is 11.3 Å². The van der Waals surface area contributed by atoms with Crippen LogP contribution in [0.25, 0.3) is 32.7 Å². The maximum absolute atomic E-state index is 13.3. The number of esters is 4. The van der Waals surface area contributed by atoms with E-state index in [0.717, 1.165) is 56.0 Å². The van der Waals surface area contributed by atoms with Gasteiger partial charge in [0.1, 0.15) is 17.8 Å². The van der Waals surface area contributed by atoms with Crippen molar-refractivity contribution in [1.82, 2.24) is 9.88 Å². The zero-order valence-corrected chi connectivity index (χ0v) is 45.1. The predicted molar refractivity (Wildman–Crippen MR) is 307 cm³/mol. The summed E-state index contributed by atoms with van der Waals surface area (Å²) in [4.78, 5) is 62.3. The number of nitrogens with one attached hydrogen (secondary N) is 1. The summed E-state index contributed by atoms with van der Waals surface area (Å²) in [5, 5.41) is 18.5. The number of aliphatic hydroxyl groups is 1. The van der Waals surface area contributed by atoms with Gasteiger partial charge in [0.05, 0.1) is 19.2 Å². The molecule has 3 aliphatic rings. The lowest BCUT2D eigenvalue weighted by Gasteiger charge is -2.30. The van der Waals surface area contributed by atoms with E-state index in [1.165, 1.54) is 54.9 Å². The molecule has 1 saturated heterocycles. The molecule has 0 saturated carbocycles. The summed E-state index contributed by atoms with van der Waals surface area (Å²) in [6, 6.07) is 49.3. The molecule has 4 heterocycles. The standard InChI is InChI=1S/C27H23NO3S.C18H16O5.C13H15NO2S.CH4.FH.HI/c1-31-27(30)23-14-15-32-26-25(19-9-3-2-4-10-19)21(17-24(29)28(23)26)16-20-12-7-11-18-8-5-6-13-22(18)20;1-18(2)22-16(20)15(17(21)23-18)14(19)10-12-8-5-7-11-6-3-4-9-13(11)12;1-16-13(15)12-9-17-11(8-14-12)7-10-5-3-2-4-6-10;;;/h2-13,17,23H,14-16H2,1H3;3-9,19H,10H2,1-2H3;2-6,8,12,14H,7,9H2,1H3;1H4;2*1H/t23-;;12-;;;/m0.0.../s1. The molecule has 75 heavy (non-hydrogen) atoms. The number of hydrogen-bond acceptors (Lipinski definition) is 13. The van der Waals surface area contributed by atoms with Gasteiger partial charge >= 0.3 is 23.9 Å². The summed E-state index contributed by atoms with van der Waals surface area (Å²) >= 11 is 3.35. The van der Waals surface area contributed by atoms with Crippen molar-refractivity contribution in [3.8, 4) is 11.1 Å². The van der Waals surface area contributed by atoms with Crippen molar-refractivity contribution in [3.05, 3.63) is 207 Å². The number of halogens is 2. The lowest BCUT2D eigenvalue weighted by atomic mass is 9.93. The smallest absolute Gasteiger partial charge is 0.352 e. The van der Waals surface area contributed by atoms with Crippen LogP contribution in [-0.4, -0.2) is 71.1 Å². The SMILES string of the molecule is C.CC1(C)OC(=O)C(=C(O)Cc2cccc3ccccc23)C(=O)O1.COC(=O)[C@@H]1CCSc2c(-c3ccccc3)c(Cc3cccc4ccccc34)cc(=O)n21.COC(=O)[C@@H]1CSC(Cc2ccccc2)=CN1.F.I. The van der Waals surface area contributed by atoms with E-state index in [2.05, 4.69) is 59.9 Å². The molecule has 1 fully saturated rings. The Kier molecular flexibility index (Phi) is 21.3. The minimum absolute atomic E-state index is 0. The summed E-state index contributed by atoms with van der Waals surface area (Å²) in [5.41, 5.74) is 5.70. The van der Waals surface area contributed by atoms with Crippen LogP contribution in [-0.2, 0) is 57.4 Å². The molecule has 10 rings (SSSR count). The van der Waals surface area contributed by atoms with Crippen molar-refractivity contribution in [2.75, 3.05) is 25.7 Å². The molecule has 12 nitrogen and oxygen atoms in total. The Morgan fingerprint density at radius 3 is 1.84 bits per heavy atom. The molecule has 2 N–H and O–H groups in total. The van der Waals surface area contributed by atoms with E-state index in [0.29, 0.717) is 12.8 Å². The van der Waals surface area contributed by atoms with Crippen LogP contribution in [0.1, 0.15) is 56.0 Å². The number of rotatable bonds is 9. The van der Waals surface area contributed by atoms with Gasteiger partial charge in [-0.1, -0.05) is 153 Å². The van der Waals surface area contributed by atoms with Crippen molar-refractivity contribution >= 4 is 92.9 Å². The van der Waals surface area contributed by atoms with Gasteiger partial charge in [0.2, 0.25) is 0 Å². The minimum Gasteiger partial charge on any atom is -0.511 e. The summed E-state index contributed by atoms with van der Waals surface area (Å²) in [6.07, 6.45) is 4.09. The van der Waals surface area contributed by atoms with E-state index in [1.54, 1.807) is 34.2 Å². The highest BCUT2D eigenvalue weighted by atomic mass is 127. The lowest BCUT2D eigenvalue weighted by molar-refractivity contribution is -0.222. The Labute approximate surface area is 461 Å². The van der Waals surface area contributed by atoms with E-state index >= 15 is 0 Å². The molecule has 0 unspecified atom stereocenters. The number of aromatic nitrogens is 1. The van der Waals surface area contributed by atoms with Crippen LogP contribution >= 0.6 is 47.5 Å². The third kappa shape index (κ3) is 14.3. The van der Waals surface area contributed by atoms with E-state index < -0.39 is 29.3 Å². The van der Waals surface area contributed by atoms with Crippen molar-refractivity contribution in [2.24, 2.45) is 0 Å². The van der Waals surface area contributed by atoms with E-state index in [4.69, 9.17) is 18.9 Å². The van der Waals surface area contributed by atoms with Crippen LogP contribution in [0.3, 0.4) is 0 Å². The number of benzene rings is 6. The molecule has 6 aromatic carbocycles. The highest BCUT2D eigenvalue weighted by Crippen LogP contribution is 2.41. The number of hydrogen-bond donors (Lipinski definition) is 2. The lowest BCUT2D eigenvalue weighted by Crippen LogP contribution is -2.42. The summed E-state index contributed by atoms with van der Waals surface area (Å²) in [6.45, 7) is 2.92. The van der Waals surface area contributed by atoms with Crippen molar-refractivity contribution in [3.63, 3.8) is 0 Å². The van der Waals surface area contributed by atoms with E-state index in [-0.39, 0.29) is 71.8 Å². The molecule has 7 aromatic rings. The largest absolute Gasteiger partial charge is 0.511 e. The second-order valence-electron chi connectivity index (χ2n) is 17.6. The number of ether oxygens (including phenoxy) is 4. The molecule has 0 bridgehead atoms. The Morgan fingerprint density at radius 1 is 0.707 bits per heavy atom. The first-order chi connectivity index (χ1) is 34.8. The molecule has 0 amide bonds. The molecule has 0 spiro atoms. The van der Waals surface area contributed by atoms with Crippen LogP contribution < -0.4 is 10.9 Å². The van der Waals surface area contributed by atoms with Gasteiger partial charge in [-0.25, -0.2) is 19.2 Å². The first-order valence-corrected chi connectivity index (χ1v) is 25.4. The fraction of sp³-hybridized carbons (Fsp3) is 0.237. The molecule has 2 atom stereocenters. The normalized spacial score (nSPS) is 16.1. The van der Waals surface area contributed by atoms with E-state index in [9.17, 15) is 29.1 Å². The number of carbonyl (C=O) groups is 4. The molecular weight excluding hydrogens is 1110 g/mol. The van der Waals surface area contributed by atoms with Gasteiger partial charge in [-0.15, -0.1) is 47.5 Å². The minimum atomic E-state index is -1.32. The average molecular weight is 1170 g/mol. The van der Waals surface area contributed by atoms with Crippen molar-refractivity contribution in [1.29, 1.82) is 0 Å². The molecule has 3 aliphatic heterocycles.